The Labute approximate surface area is 196 Å². The Balaban J connectivity index is 1.89. The molecule has 1 atom stereocenters. The van der Waals surface area contributed by atoms with Crippen LogP contribution in [0.1, 0.15) is 18.1 Å². The first-order chi connectivity index (χ1) is 15.7. The van der Waals surface area contributed by atoms with Gasteiger partial charge in [-0.15, -0.1) is 0 Å². The number of aromatic nitrogens is 2. The van der Waals surface area contributed by atoms with Gasteiger partial charge in [-0.25, -0.2) is 8.42 Å². The summed E-state index contributed by atoms with van der Waals surface area (Å²) < 4.78 is 40.8. The fraction of sp³-hybridized carbons (Fsp3) is 0.375. The van der Waals surface area contributed by atoms with Crippen molar-refractivity contribution in [1.29, 1.82) is 0 Å². The van der Waals surface area contributed by atoms with Gasteiger partial charge in [0.15, 0.2) is 5.03 Å². The number of rotatable bonds is 11. The van der Waals surface area contributed by atoms with Gasteiger partial charge >= 0.3 is 0 Å². The van der Waals surface area contributed by atoms with E-state index in [1.165, 1.54) is 4.31 Å². The van der Waals surface area contributed by atoms with Crippen molar-refractivity contribution in [3.8, 4) is 11.5 Å². The molecule has 0 aliphatic heterocycles. The van der Waals surface area contributed by atoms with Gasteiger partial charge in [0, 0.05) is 25.3 Å². The van der Waals surface area contributed by atoms with E-state index in [0.29, 0.717) is 6.54 Å². The van der Waals surface area contributed by atoms with Crippen molar-refractivity contribution in [2.75, 3.05) is 28.3 Å². The van der Waals surface area contributed by atoms with Gasteiger partial charge < -0.3 is 14.4 Å². The van der Waals surface area contributed by atoms with Crippen molar-refractivity contribution in [2.24, 2.45) is 0 Å². The highest BCUT2D eigenvalue weighted by molar-refractivity contribution is 7.89. The van der Waals surface area contributed by atoms with E-state index in [4.69, 9.17) is 9.47 Å². The van der Waals surface area contributed by atoms with Crippen LogP contribution < -0.4 is 9.47 Å². The van der Waals surface area contributed by atoms with Gasteiger partial charge in [-0.05, 0) is 62.5 Å². The topological polar surface area (TPSA) is 76.9 Å². The summed E-state index contributed by atoms with van der Waals surface area (Å²) in [5, 5.41) is 4.42. The molecule has 1 aromatic heterocycles. The molecule has 178 valence electrons. The summed E-state index contributed by atoms with van der Waals surface area (Å²) in [5.74, 6) is 1.44. The van der Waals surface area contributed by atoms with E-state index in [-0.39, 0.29) is 24.2 Å². The monoisotopic (exact) mass is 472 g/mol. The molecule has 1 unspecified atom stereocenters. The van der Waals surface area contributed by atoms with Crippen LogP contribution in [0.25, 0.3) is 0 Å². The molecular weight excluding hydrogens is 440 g/mol. The third-order valence-corrected chi connectivity index (χ3v) is 7.27. The van der Waals surface area contributed by atoms with E-state index >= 15 is 0 Å². The Kier molecular flexibility index (Phi) is 8.12. The van der Waals surface area contributed by atoms with E-state index in [0.717, 1.165) is 22.6 Å². The molecule has 1 heterocycles. The zero-order valence-corrected chi connectivity index (χ0v) is 20.6. The number of hydrogen-bond acceptors (Lipinski definition) is 6. The maximum Gasteiger partial charge on any atom is 0.262 e. The Morgan fingerprint density at radius 1 is 0.879 bits per heavy atom. The fourth-order valence-electron chi connectivity index (χ4n) is 3.24. The molecule has 0 saturated heterocycles. The molecule has 9 heteroatoms. The second-order valence-corrected chi connectivity index (χ2v) is 10.0. The minimum atomic E-state index is -3.84. The number of sulfonamides is 1. The molecule has 0 fully saturated rings. The van der Waals surface area contributed by atoms with Crippen LogP contribution in [-0.4, -0.2) is 61.8 Å². The quantitative estimate of drug-likeness (QED) is 0.426. The van der Waals surface area contributed by atoms with Crippen molar-refractivity contribution in [2.45, 2.75) is 37.6 Å². The van der Waals surface area contributed by atoms with Crippen molar-refractivity contribution >= 4 is 10.0 Å². The smallest absolute Gasteiger partial charge is 0.262 e. The summed E-state index contributed by atoms with van der Waals surface area (Å²) in [6, 6.07) is 16.5. The number of ether oxygens (including phenoxy) is 2. The fourth-order valence-corrected chi connectivity index (χ4v) is 4.59. The molecule has 2 aromatic carbocycles. The highest BCUT2D eigenvalue weighted by Gasteiger charge is 2.28. The van der Waals surface area contributed by atoms with Crippen LogP contribution in [0, 0.1) is 0 Å². The summed E-state index contributed by atoms with van der Waals surface area (Å²) in [4.78, 5) is 2.06. The average Bonchev–Trinajstić information content (AvgIpc) is 3.29. The first-order valence-corrected chi connectivity index (χ1v) is 12.1. The highest BCUT2D eigenvalue weighted by Crippen LogP contribution is 2.22. The van der Waals surface area contributed by atoms with Gasteiger partial charge in [-0.2, -0.15) is 9.40 Å². The average molecular weight is 473 g/mol. The summed E-state index contributed by atoms with van der Waals surface area (Å²) in [7, 11) is 3.33. The maximum atomic E-state index is 13.6. The normalized spacial score (nSPS) is 12.8. The SMILES string of the molecule is COc1ccc(CN(Cc2ccc(OC)cc2)S(=O)(=O)c2ccn(CC(C)N(C)C)n2)cc1. The Bertz CT molecular complexity index is 1080. The lowest BCUT2D eigenvalue weighted by Crippen LogP contribution is -2.31. The zero-order chi connectivity index (χ0) is 24.0. The maximum absolute atomic E-state index is 13.6. The summed E-state index contributed by atoms with van der Waals surface area (Å²) in [6.07, 6.45) is 1.71. The predicted octanol–water partition coefficient (Wildman–Crippen LogP) is 3.24. The van der Waals surface area contributed by atoms with Crippen LogP contribution in [0.5, 0.6) is 11.5 Å². The number of likely N-dealkylation sites (N-methyl/N-ethyl adjacent to an activating group) is 1. The second-order valence-electron chi connectivity index (χ2n) is 8.16. The molecular formula is C24H32N4O4S. The molecule has 3 aromatic rings. The molecule has 33 heavy (non-hydrogen) atoms. The minimum Gasteiger partial charge on any atom is -0.497 e. The Morgan fingerprint density at radius 2 is 1.36 bits per heavy atom. The molecule has 0 aliphatic carbocycles. The molecule has 0 aliphatic rings. The van der Waals surface area contributed by atoms with Crippen molar-refractivity contribution < 1.29 is 17.9 Å². The number of nitrogens with zero attached hydrogens (tertiary/aromatic N) is 4. The van der Waals surface area contributed by atoms with Gasteiger partial charge in [0.1, 0.15) is 11.5 Å². The molecule has 0 N–H and O–H groups in total. The van der Waals surface area contributed by atoms with Crippen LogP contribution in [0.15, 0.2) is 65.8 Å². The second kappa shape index (κ2) is 10.8. The van der Waals surface area contributed by atoms with Gasteiger partial charge in [0.25, 0.3) is 10.0 Å². The van der Waals surface area contributed by atoms with Crippen LogP contribution in [-0.2, 0) is 29.7 Å². The van der Waals surface area contributed by atoms with E-state index < -0.39 is 10.0 Å². The first kappa shape index (κ1) is 24.8. The van der Waals surface area contributed by atoms with E-state index in [1.807, 2.05) is 62.6 Å². The van der Waals surface area contributed by atoms with Crippen LogP contribution >= 0.6 is 0 Å². The number of hydrogen-bond donors (Lipinski definition) is 0. The van der Waals surface area contributed by atoms with E-state index in [9.17, 15) is 8.42 Å². The van der Waals surface area contributed by atoms with Gasteiger partial charge in [-0.3, -0.25) is 4.68 Å². The molecule has 0 radical (unpaired) electrons. The molecule has 0 saturated carbocycles. The Hall–Kier alpha value is -2.88. The van der Waals surface area contributed by atoms with Crippen LogP contribution in [0.2, 0.25) is 0 Å². The van der Waals surface area contributed by atoms with Crippen LogP contribution in [0.3, 0.4) is 0 Å². The van der Waals surface area contributed by atoms with Crippen LogP contribution in [0.4, 0.5) is 0 Å². The highest BCUT2D eigenvalue weighted by atomic mass is 32.2. The predicted molar refractivity (Wildman–Crippen MR) is 128 cm³/mol. The van der Waals surface area contributed by atoms with E-state index in [1.54, 1.807) is 31.2 Å². The molecule has 8 nitrogen and oxygen atoms in total. The molecule has 0 amide bonds. The summed E-state index contributed by atoms with van der Waals surface area (Å²) in [5.41, 5.74) is 1.71. The lowest BCUT2D eigenvalue weighted by molar-refractivity contribution is 0.274. The lowest BCUT2D eigenvalue weighted by atomic mass is 10.2. The van der Waals surface area contributed by atoms with Gasteiger partial charge in [0.05, 0.1) is 20.8 Å². The molecule has 0 bridgehead atoms. The lowest BCUT2D eigenvalue weighted by Gasteiger charge is -2.22. The van der Waals surface area contributed by atoms with Crippen molar-refractivity contribution in [3.05, 3.63) is 71.9 Å². The van der Waals surface area contributed by atoms with E-state index in [2.05, 4.69) is 16.9 Å². The van der Waals surface area contributed by atoms with Crippen molar-refractivity contribution in [1.82, 2.24) is 19.0 Å². The largest absolute Gasteiger partial charge is 0.497 e. The van der Waals surface area contributed by atoms with Crippen molar-refractivity contribution in [3.63, 3.8) is 0 Å². The summed E-state index contributed by atoms with van der Waals surface area (Å²) >= 11 is 0. The third-order valence-electron chi connectivity index (χ3n) is 5.59. The van der Waals surface area contributed by atoms with Gasteiger partial charge in [-0.1, -0.05) is 24.3 Å². The summed E-state index contributed by atoms with van der Waals surface area (Å²) in [6.45, 7) is 3.08. The standard InChI is InChI=1S/C24H32N4O4S/c1-19(26(2)3)16-27-15-14-24(25-27)33(29,30)28(17-20-6-10-22(31-4)11-7-20)18-21-8-12-23(32-5)13-9-21/h6-15,19H,16-18H2,1-5H3. The first-order valence-electron chi connectivity index (χ1n) is 10.7. The third kappa shape index (κ3) is 6.34. The Morgan fingerprint density at radius 3 is 1.79 bits per heavy atom. The number of methoxy groups -OCH3 is 2. The minimum absolute atomic E-state index is 0.0375. The molecule has 0 spiro atoms. The van der Waals surface area contributed by atoms with Gasteiger partial charge in [0.2, 0.25) is 0 Å². The molecule has 3 rings (SSSR count). The zero-order valence-electron chi connectivity index (χ0n) is 19.8. The number of benzene rings is 2.